The Morgan fingerprint density at radius 1 is 1.17 bits per heavy atom. The summed E-state index contributed by atoms with van der Waals surface area (Å²) in [6.07, 6.45) is 1.90. The summed E-state index contributed by atoms with van der Waals surface area (Å²) in [6.45, 7) is 14.1. The van der Waals surface area contributed by atoms with Gasteiger partial charge < -0.3 is 4.90 Å². The zero-order chi connectivity index (χ0) is 13.0. The van der Waals surface area contributed by atoms with Crippen LogP contribution < -0.4 is 0 Å². The van der Waals surface area contributed by atoms with Gasteiger partial charge in [0.2, 0.25) is 0 Å². The van der Waals surface area contributed by atoms with E-state index in [9.17, 15) is 0 Å². The lowest BCUT2D eigenvalue weighted by molar-refractivity contribution is 0.0820. The van der Waals surface area contributed by atoms with Crippen LogP contribution in [0, 0.1) is 0 Å². The maximum atomic E-state index is 3.81. The second-order valence-corrected chi connectivity index (χ2v) is 4.91. The van der Waals surface area contributed by atoms with Gasteiger partial charge in [0.25, 0.3) is 0 Å². The molecule has 2 rings (SSSR count). The zero-order valence-electron chi connectivity index (χ0n) is 11.6. The molecule has 98 valence electrons. The van der Waals surface area contributed by atoms with Crippen LogP contribution in [0.4, 0.5) is 0 Å². The number of benzene rings is 1. The minimum atomic E-state index is 0.544. The fourth-order valence-electron chi connectivity index (χ4n) is 2.71. The van der Waals surface area contributed by atoms with Crippen molar-refractivity contribution in [2.45, 2.75) is 19.9 Å². The lowest BCUT2D eigenvalue weighted by Crippen LogP contribution is -2.48. The standard InChI is InChI=1S/C16H24N2/c1-4-14-7-9-15(10-8-14)16-13-17(5-2)11-12-18(16)6-3/h4,7-10,16H,1,5-6,11-13H2,2-3H3. The fraction of sp³-hybridized carbons (Fsp3) is 0.500. The van der Waals surface area contributed by atoms with E-state index in [1.165, 1.54) is 24.2 Å². The zero-order valence-corrected chi connectivity index (χ0v) is 11.6. The van der Waals surface area contributed by atoms with E-state index in [0.29, 0.717) is 6.04 Å². The van der Waals surface area contributed by atoms with E-state index in [0.717, 1.165) is 19.6 Å². The van der Waals surface area contributed by atoms with Gasteiger partial charge in [0.15, 0.2) is 0 Å². The highest BCUT2D eigenvalue weighted by Crippen LogP contribution is 2.25. The molecule has 2 heteroatoms. The Morgan fingerprint density at radius 3 is 2.44 bits per heavy atom. The van der Waals surface area contributed by atoms with Gasteiger partial charge in [-0.25, -0.2) is 0 Å². The van der Waals surface area contributed by atoms with E-state index in [1.54, 1.807) is 0 Å². The van der Waals surface area contributed by atoms with Gasteiger partial charge in [0.1, 0.15) is 0 Å². The molecule has 0 radical (unpaired) electrons. The maximum Gasteiger partial charge on any atom is 0.0475 e. The monoisotopic (exact) mass is 244 g/mol. The molecule has 1 saturated heterocycles. The molecule has 2 nitrogen and oxygen atoms in total. The topological polar surface area (TPSA) is 6.48 Å². The summed E-state index contributed by atoms with van der Waals surface area (Å²) in [5.74, 6) is 0. The number of hydrogen-bond acceptors (Lipinski definition) is 2. The molecule has 0 saturated carbocycles. The first-order chi connectivity index (χ1) is 8.78. The molecule has 0 aliphatic carbocycles. The molecule has 1 unspecified atom stereocenters. The van der Waals surface area contributed by atoms with Gasteiger partial charge >= 0.3 is 0 Å². The van der Waals surface area contributed by atoms with Gasteiger partial charge in [-0.15, -0.1) is 0 Å². The van der Waals surface area contributed by atoms with E-state index in [4.69, 9.17) is 0 Å². The summed E-state index contributed by atoms with van der Waals surface area (Å²) in [7, 11) is 0. The molecule has 0 aromatic heterocycles. The molecular weight excluding hydrogens is 220 g/mol. The van der Waals surface area contributed by atoms with Crippen molar-refractivity contribution in [3.8, 4) is 0 Å². The van der Waals surface area contributed by atoms with Gasteiger partial charge in [-0.3, -0.25) is 4.90 Å². The summed E-state index contributed by atoms with van der Waals surface area (Å²) >= 11 is 0. The third kappa shape index (κ3) is 2.82. The second-order valence-electron chi connectivity index (χ2n) is 4.91. The Labute approximate surface area is 111 Å². The number of likely N-dealkylation sites (N-methyl/N-ethyl adjacent to an activating group) is 2. The Hall–Kier alpha value is -1.12. The molecule has 1 atom stereocenters. The van der Waals surface area contributed by atoms with Crippen molar-refractivity contribution in [2.24, 2.45) is 0 Å². The van der Waals surface area contributed by atoms with Gasteiger partial charge in [0, 0.05) is 25.7 Å². The van der Waals surface area contributed by atoms with Crippen molar-refractivity contribution in [2.75, 3.05) is 32.7 Å². The average Bonchev–Trinajstić information content (AvgIpc) is 2.46. The predicted octanol–water partition coefficient (Wildman–Crippen LogP) is 3.03. The molecule has 1 aliphatic rings. The van der Waals surface area contributed by atoms with Crippen LogP contribution in [-0.2, 0) is 0 Å². The lowest BCUT2D eigenvalue weighted by atomic mass is 10.0. The van der Waals surface area contributed by atoms with Gasteiger partial charge in [0.05, 0.1) is 0 Å². The fourth-order valence-corrected chi connectivity index (χ4v) is 2.71. The molecule has 0 N–H and O–H groups in total. The molecular formula is C16H24N2. The van der Waals surface area contributed by atoms with Crippen LogP contribution in [0.1, 0.15) is 31.0 Å². The Bertz CT molecular complexity index is 383. The number of hydrogen-bond donors (Lipinski definition) is 0. The van der Waals surface area contributed by atoms with Crippen LogP contribution in [0.5, 0.6) is 0 Å². The summed E-state index contributed by atoms with van der Waals surface area (Å²) in [5.41, 5.74) is 2.63. The van der Waals surface area contributed by atoms with E-state index in [2.05, 4.69) is 54.5 Å². The Kier molecular flexibility index (Phi) is 4.56. The summed E-state index contributed by atoms with van der Waals surface area (Å²) in [4.78, 5) is 5.12. The lowest BCUT2D eigenvalue weighted by Gasteiger charge is -2.41. The quantitative estimate of drug-likeness (QED) is 0.803. The first kappa shape index (κ1) is 13.3. The summed E-state index contributed by atoms with van der Waals surface area (Å²) in [5, 5.41) is 0. The summed E-state index contributed by atoms with van der Waals surface area (Å²) < 4.78 is 0. The third-order valence-electron chi connectivity index (χ3n) is 3.99. The van der Waals surface area contributed by atoms with Crippen LogP contribution in [0.3, 0.4) is 0 Å². The van der Waals surface area contributed by atoms with Crippen LogP contribution in [0.25, 0.3) is 6.08 Å². The average molecular weight is 244 g/mol. The molecule has 0 bridgehead atoms. The highest BCUT2D eigenvalue weighted by atomic mass is 15.3. The van der Waals surface area contributed by atoms with Crippen molar-refractivity contribution in [3.63, 3.8) is 0 Å². The van der Waals surface area contributed by atoms with Crippen LogP contribution in [-0.4, -0.2) is 42.5 Å². The van der Waals surface area contributed by atoms with E-state index < -0.39 is 0 Å². The molecule has 0 amide bonds. The SMILES string of the molecule is C=Cc1ccc(C2CN(CC)CCN2CC)cc1. The Morgan fingerprint density at radius 2 is 1.89 bits per heavy atom. The number of nitrogens with zero attached hydrogens (tertiary/aromatic N) is 2. The smallest absolute Gasteiger partial charge is 0.0475 e. The van der Waals surface area contributed by atoms with Gasteiger partial charge in [-0.1, -0.05) is 50.8 Å². The first-order valence-electron chi connectivity index (χ1n) is 6.97. The summed E-state index contributed by atoms with van der Waals surface area (Å²) in [6, 6.07) is 9.39. The molecule has 1 aliphatic heterocycles. The minimum Gasteiger partial charge on any atom is -0.300 e. The second kappa shape index (κ2) is 6.17. The number of piperazine rings is 1. The van der Waals surface area contributed by atoms with Crippen LogP contribution >= 0.6 is 0 Å². The number of rotatable bonds is 4. The highest BCUT2D eigenvalue weighted by Gasteiger charge is 2.26. The molecule has 1 fully saturated rings. The van der Waals surface area contributed by atoms with Crippen molar-refractivity contribution in [1.82, 2.24) is 9.80 Å². The van der Waals surface area contributed by atoms with Crippen molar-refractivity contribution in [3.05, 3.63) is 42.0 Å². The van der Waals surface area contributed by atoms with Crippen LogP contribution in [0.2, 0.25) is 0 Å². The highest BCUT2D eigenvalue weighted by molar-refractivity contribution is 5.47. The van der Waals surface area contributed by atoms with Gasteiger partial charge in [-0.05, 0) is 24.2 Å². The van der Waals surface area contributed by atoms with Crippen molar-refractivity contribution >= 4 is 6.08 Å². The minimum absolute atomic E-state index is 0.544. The molecule has 1 heterocycles. The normalized spacial score (nSPS) is 22.0. The van der Waals surface area contributed by atoms with Gasteiger partial charge in [-0.2, -0.15) is 0 Å². The largest absolute Gasteiger partial charge is 0.300 e. The van der Waals surface area contributed by atoms with E-state index in [-0.39, 0.29) is 0 Å². The van der Waals surface area contributed by atoms with E-state index >= 15 is 0 Å². The van der Waals surface area contributed by atoms with Crippen molar-refractivity contribution < 1.29 is 0 Å². The van der Waals surface area contributed by atoms with E-state index in [1.807, 2.05) is 6.08 Å². The molecule has 18 heavy (non-hydrogen) atoms. The predicted molar refractivity (Wildman–Crippen MR) is 78.6 cm³/mol. The Balaban J connectivity index is 2.18. The maximum absolute atomic E-state index is 3.81. The van der Waals surface area contributed by atoms with Crippen LogP contribution in [0.15, 0.2) is 30.8 Å². The van der Waals surface area contributed by atoms with Crippen molar-refractivity contribution in [1.29, 1.82) is 0 Å². The third-order valence-corrected chi connectivity index (χ3v) is 3.99. The molecule has 0 spiro atoms. The first-order valence-corrected chi connectivity index (χ1v) is 6.97. The molecule has 1 aromatic rings. The molecule has 1 aromatic carbocycles.